The van der Waals surface area contributed by atoms with Gasteiger partial charge in [-0.1, -0.05) is 42.5 Å². The second-order valence-electron chi connectivity index (χ2n) is 5.47. The molecule has 3 aromatic carbocycles. The number of carboxylic acid groups (broad SMARTS) is 1. The molecular formula is C20H14BrCuNO4. The largest absolute Gasteiger partial charge is 0.506 e. The number of nitrogens with zero attached hydrogens (tertiary/aromatic N) is 1. The number of halogens is 1. The van der Waals surface area contributed by atoms with Crippen LogP contribution in [0.2, 0.25) is 0 Å². The number of phenolic OH excluding ortho intramolecular Hbond substituents is 1. The Kier molecular flexibility index (Phi) is 6.80. The Labute approximate surface area is 173 Å². The zero-order chi connectivity index (χ0) is 18.7. The summed E-state index contributed by atoms with van der Waals surface area (Å²) >= 11 is 3.19. The summed E-state index contributed by atoms with van der Waals surface area (Å²) in [6, 6.07) is 17.8. The summed E-state index contributed by atoms with van der Waals surface area (Å²) in [4.78, 5) is 14.9. The molecule has 0 saturated carbocycles. The van der Waals surface area contributed by atoms with Crippen molar-refractivity contribution in [1.29, 1.82) is 0 Å². The number of fused-ring (bicyclic) bond motifs is 2. The van der Waals surface area contributed by atoms with Crippen LogP contribution in [-0.2, 0) is 17.1 Å². The fourth-order valence-corrected chi connectivity index (χ4v) is 3.12. The van der Waals surface area contributed by atoms with Crippen LogP contribution in [0.3, 0.4) is 0 Å². The summed E-state index contributed by atoms with van der Waals surface area (Å²) in [5, 5.41) is 30.4. The Bertz CT molecular complexity index is 1110. The number of aromatic carboxylic acids is 1. The Morgan fingerprint density at radius 1 is 0.926 bits per heavy atom. The second kappa shape index (κ2) is 8.86. The van der Waals surface area contributed by atoms with E-state index >= 15 is 0 Å². The molecule has 0 aliphatic rings. The number of carboxylic acids is 1. The Balaban J connectivity index is 0.000000194. The minimum absolute atomic E-state index is 0. The van der Waals surface area contributed by atoms with Crippen LogP contribution in [0.1, 0.15) is 10.4 Å². The van der Waals surface area contributed by atoms with Gasteiger partial charge >= 0.3 is 5.97 Å². The van der Waals surface area contributed by atoms with Gasteiger partial charge in [-0.25, -0.2) is 4.79 Å². The topological polar surface area (TPSA) is 90.7 Å². The Hall–Kier alpha value is -2.60. The smallest absolute Gasteiger partial charge is 0.339 e. The van der Waals surface area contributed by atoms with E-state index in [1.807, 2.05) is 36.4 Å². The third kappa shape index (κ3) is 4.39. The number of para-hydroxylation sites is 1. The van der Waals surface area contributed by atoms with Gasteiger partial charge in [0.05, 0.1) is 4.47 Å². The maximum Gasteiger partial charge on any atom is 0.339 e. The quantitative estimate of drug-likeness (QED) is 0.339. The van der Waals surface area contributed by atoms with Gasteiger partial charge in [-0.2, -0.15) is 0 Å². The first-order valence-electron chi connectivity index (χ1n) is 7.65. The summed E-state index contributed by atoms with van der Waals surface area (Å²) < 4.78 is 0.415. The van der Waals surface area contributed by atoms with Crippen LogP contribution >= 0.6 is 15.9 Å². The minimum Gasteiger partial charge on any atom is -0.506 e. The normalized spacial score (nSPS) is 9.96. The van der Waals surface area contributed by atoms with Gasteiger partial charge in [-0.15, -0.1) is 0 Å². The summed E-state index contributed by atoms with van der Waals surface area (Å²) in [6.07, 6.45) is 1.67. The first-order valence-corrected chi connectivity index (χ1v) is 8.44. The number of benzene rings is 3. The number of carbonyl (C=O) groups is 1. The van der Waals surface area contributed by atoms with Crippen LogP contribution in [0.4, 0.5) is 0 Å². The molecule has 0 aliphatic carbocycles. The van der Waals surface area contributed by atoms with E-state index in [0.29, 0.717) is 9.99 Å². The van der Waals surface area contributed by atoms with Crippen molar-refractivity contribution in [3.63, 3.8) is 0 Å². The zero-order valence-corrected chi connectivity index (χ0v) is 16.3. The number of aromatic nitrogens is 1. The van der Waals surface area contributed by atoms with Gasteiger partial charge < -0.3 is 15.3 Å². The average molecular weight is 476 g/mol. The van der Waals surface area contributed by atoms with Crippen molar-refractivity contribution in [2.75, 3.05) is 0 Å². The van der Waals surface area contributed by atoms with E-state index in [-0.39, 0.29) is 34.1 Å². The van der Waals surface area contributed by atoms with E-state index in [4.69, 9.17) is 5.11 Å². The van der Waals surface area contributed by atoms with Crippen molar-refractivity contribution in [2.24, 2.45) is 0 Å². The van der Waals surface area contributed by atoms with E-state index in [1.165, 1.54) is 6.07 Å². The van der Waals surface area contributed by atoms with Crippen LogP contribution < -0.4 is 0 Å². The number of hydrogen-bond donors (Lipinski definition) is 3. The summed E-state index contributed by atoms with van der Waals surface area (Å²) in [5.74, 6) is -1.14. The molecule has 4 rings (SSSR count). The molecule has 4 aromatic rings. The van der Waals surface area contributed by atoms with Gasteiger partial charge in [0, 0.05) is 28.7 Å². The number of hydrogen-bond acceptors (Lipinski definition) is 4. The molecule has 0 unspecified atom stereocenters. The van der Waals surface area contributed by atoms with Crippen LogP contribution in [0, 0.1) is 0 Å². The van der Waals surface area contributed by atoms with Gasteiger partial charge in [0.15, 0.2) is 0 Å². The van der Waals surface area contributed by atoms with Gasteiger partial charge in [-0.3, -0.25) is 4.98 Å². The third-order valence-electron chi connectivity index (χ3n) is 3.80. The molecule has 7 heteroatoms. The number of pyridine rings is 1. The molecule has 0 spiro atoms. The SMILES string of the molecule is O=C(O)c1cc2ccccc2c(Br)c1O.Oc1cccc2cccnc12.[Cu]. The van der Waals surface area contributed by atoms with Crippen molar-refractivity contribution in [2.45, 2.75) is 0 Å². The molecule has 0 amide bonds. The Morgan fingerprint density at radius 3 is 2.30 bits per heavy atom. The first kappa shape index (κ1) is 20.7. The van der Waals surface area contributed by atoms with E-state index in [2.05, 4.69) is 20.9 Å². The van der Waals surface area contributed by atoms with Gasteiger partial charge in [0.1, 0.15) is 22.6 Å². The monoisotopic (exact) mass is 474 g/mol. The fourth-order valence-electron chi connectivity index (χ4n) is 2.54. The standard InChI is InChI=1S/C11H7BrO3.C9H7NO.Cu/c12-9-7-4-2-1-3-6(7)5-8(10(9)13)11(14)15;11-8-5-1-3-7-4-2-6-10-9(7)8;/h1-5,13H,(H,14,15);1-6,11H;. The molecule has 141 valence electrons. The summed E-state index contributed by atoms with van der Waals surface area (Å²) in [5.41, 5.74) is 0.565. The molecule has 5 nitrogen and oxygen atoms in total. The molecular weight excluding hydrogens is 462 g/mol. The zero-order valence-electron chi connectivity index (χ0n) is 13.7. The maximum absolute atomic E-state index is 10.8. The molecule has 27 heavy (non-hydrogen) atoms. The Morgan fingerprint density at radius 2 is 1.59 bits per heavy atom. The van der Waals surface area contributed by atoms with Crippen LogP contribution in [0.15, 0.2) is 71.3 Å². The molecule has 3 N–H and O–H groups in total. The third-order valence-corrected chi connectivity index (χ3v) is 4.60. The molecule has 0 aliphatic heterocycles. The number of aromatic hydroxyl groups is 2. The van der Waals surface area contributed by atoms with Crippen molar-refractivity contribution < 1.29 is 37.2 Å². The maximum atomic E-state index is 10.8. The van der Waals surface area contributed by atoms with E-state index < -0.39 is 5.97 Å². The predicted octanol–water partition coefficient (Wildman–Crippen LogP) is 4.94. The van der Waals surface area contributed by atoms with Crippen LogP contribution in [0.5, 0.6) is 11.5 Å². The van der Waals surface area contributed by atoms with Crippen molar-refractivity contribution in [1.82, 2.24) is 4.98 Å². The van der Waals surface area contributed by atoms with E-state index in [0.717, 1.165) is 16.2 Å². The molecule has 1 radical (unpaired) electrons. The van der Waals surface area contributed by atoms with E-state index in [9.17, 15) is 15.0 Å². The fraction of sp³-hybridized carbons (Fsp3) is 0. The van der Waals surface area contributed by atoms with Crippen molar-refractivity contribution in [3.8, 4) is 11.5 Å². The molecule has 0 fully saturated rings. The number of rotatable bonds is 1. The minimum atomic E-state index is -1.14. The van der Waals surface area contributed by atoms with Gasteiger partial charge in [0.25, 0.3) is 0 Å². The summed E-state index contributed by atoms with van der Waals surface area (Å²) in [7, 11) is 0. The average Bonchev–Trinajstić information content (AvgIpc) is 2.65. The van der Waals surface area contributed by atoms with Gasteiger partial charge in [-0.05, 0) is 44.9 Å². The van der Waals surface area contributed by atoms with Crippen LogP contribution in [-0.4, -0.2) is 26.3 Å². The van der Waals surface area contributed by atoms with Crippen LogP contribution in [0.25, 0.3) is 21.7 Å². The molecule has 0 saturated heterocycles. The van der Waals surface area contributed by atoms with Crippen molar-refractivity contribution >= 4 is 43.6 Å². The first-order chi connectivity index (χ1) is 12.5. The molecule has 0 bridgehead atoms. The van der Waals surface area contributed by atoms with Crippen molar-refractivity contribution in [3.05, 3.63) is 76.9 Å². The summed E-state index contributed by atoms with van der Waals surface area (Å²) in [6.45, 7) is 0. The number of phenols is 2. The van der Waals surface area contributed by atoms with E-state index in [1.54, 1.807) is 24.4 Å². The second-order valence-corrected chi connectivity index (χ2v) is 6.26. The van der Waals surface area contributed by atoms with Gasteiger partial charge in [0.2, 0.25) is 0 Å². The molecule has 1 aromatic heterocycles. The molecule has 0 atom stereocenters. The molecule has 1 heterocycles. The predicted molar refractivity (Wildman–Crippen MR) is 104 cm³/mol.